The van der Waals surface area contributed by atoms with E-state index in [0.717, 1.165) is 91.8 Å². The van der Waals surface area contributed by atoms with Crippen molar-refractivity contribution in [3.05, 3.63) is 53.6 Å². The number of quaternary nitrogens is 1. The van der Waals surface area contributed by atoms with Crippen molar-refractivity contribution in [3.63, 3.8) is 0 Å². The first-order valence-corrected chi connectivity index (χ1v) is 17.2. The number of anilines is 1. The number of ether oxygens (including phenoxy) is 1. The summed E-state index contributed by atoms with van der Waals surface area (Å²) in [5.74, 6) is 1.24. The van der Waals surface area contributed by atoms with Crippen LogP contribution in [-0.4, -0.2) is 71.8 Å². The molecule has 234 valence electrons. The van der Waals surface area contributed by atoms with Crippen molar-refractivity contribution in [2.24, 2.45) is 0 Å². The van der Waals surface area contributed by atoms with Crippen LogP contribution in [0.3, 0.4) is 0 Å². The molecule has 0 aromatic heterocycles. The topological polar surface area (TPSA) is 65.0 Å². The molecule has 0 amide bonds. The fraction of sp³-hybridized carbons (Fsp3) is 0.636. The molecule has 1 heterocycles. The second-order valence-electron chi connectivity index (χ2n) is 11.9. The summed E-state index contributed by atoms with van der Waals surface area (Å²) < 4.78 is 30.6. The first-order valence-electron chi connectivity index (χ1n) is 15.5. The molecule has 0 fully saturated rings. The molecule has 0 saturated carbocycles. The van der Waals surface area contributed by atoms with E-state index in [1.165, 1.54) is 0 Å². The van der Waals surface area contributed by atoms with Gasteiger partial charge in [-0.2, -0.15) is 10.6 Å². The maximum absolute atomic E-state index is 11.7. The Hall–Kier alpha value is -1.04. The van der Waals surface area contributed by atoms with E-state index in [1.54, 1.807) is 0 Å². The van der Waals surface area contributed by atoms with Gasteiger partial charge in [0.05, 0.1) is 36.3 Å². The Labute approximate surface area is 269 Å². The van der Waals surface area contributed by atoms with Crippen LogP contribution in [0.1, 0.15) is 90.3 Å². The van der Waals surface area contributed by atoms with Crippen LogP contribution < -0.4 is 38.9 Å². The number of halogens is 1. The quantitative estimate of drug-likeness (QED) is 0.182. The van der Waals surface area contributed by atoms with Gasteiger partial charge in [0.1, 0.15) is 18.9 Å². The van der Waals surface area contributed by atoms with Gasteiger partial charge < -0.3 is 38.1 Å². The second kappa shape index (κ2) is 16.1. The van der Waals surface area contributed by atoms with E-state index in [0.29, 0.717) is 17.3 Å². The third-order valence-corrected chi connectivity index (χ3v) is 11.2. The molecule has 0 radical (unpaired) electrons. The minimum Gasteiger partial charge on any atom is -1.00 e. The van der Waals surface area contributed by atoms with E-state index >= 15 is 0 Å². The maximum atomic E-state index is 11.7. The highest BCUT2D eigenvalue weighted by Crippen LogP contribution is 2.57. The highest BCUT2D eigenvalue weighted by Gasteiger charge is 2.42. The molecule has 1 aliphatic heterocycles. The van der Waals surface area contributed by atoms with Crippen LogP contribution in [0.5, 0.6) is 5.75 Å². The number of hydrogen-bond acceptors (Lipinski definition) is 5. The Morgan fingerprint density at radius 2 is 1.51 bits per heavy atom. The number of nitrogens with one attached hydrogen (secondary N) is 1. The minimum absolute atomic E-state index is 0. The van der Waals surface area contributed by atoms with Gasteiger partial charge in [-0.1, -0.05) is 51.7 Å². The average molecular weight is 702 g/mol. The Morgan fingerprint density at radius 3 is 2.02 bits per heavy atom. The fourth-order valence-corrected chi connectivity index (χ4v) is 8.33. The molecule has 2 aromatic rings. The zero-order valence-corrected chi connectivity index (χ0v) is 29.6. The first-order chi connectivity index (χ1) is 19.1. The molecular formula is C33H56IN3O3S. The largest absolute Gasteiger partial charge is 1.00 e. The molecule has 0 aliphatic carbocycles. The van der Waals surface area contributed by atoms with Crippen LogP contribution in [0.15, 0.2) is 47.4 Å². The van der Waals surface area contributed by atoms with Gasteiger partial charge in [0.2, 0.25) is 0 Å². The van der Waals surface area contributed by atoms with Crippen molar-refractivity contribution in [2.75, 3.05) is 57.5 Å². The van der Waals surface area contributed by atoms with Crippen molar-refractivity contribution < 1.29 is 42.3 Å². The number of benzene rings is 2. The predicted molar refractivity (Wildman–Crippen MR) is 172 cm³/mol. The summed E-state index contributed by atoms with van der Waals surface area (Å²) in [6, 6.07) is 14.4. The van der Waals surface area contributed by atoms with Gasteiger partial charge in [0, 0.05) is 25.3 Å². The van der Waals surface area contributed by atoms with Gasteiger partial charge in [-0.15, -0.1) is 0 Å². The summed E-state index contributed by atoms with van der Waals surface area (Å²) in [6.45, 7) is 16.3. The molecule has 41 heavy (non-hydrogen) atoms. The molecule has 3 N–H and O–H groups in total. The van der Waals surface area contributed by atoms with Gasteiger partial charge in [0.25, 0.3) is 0 Å². The molecule has 6 nitrogen and oxygen atoms in total. The zero-order chi connectivity index (χ0) is 29.4. The Balaban J connectivity index is 0.00000588. The van der Waals surface area contributed by atoms with Crippen molar-refractivity contribution in [1.29, 1.82) is 0 Å². The zero-order valence-electron chi connectivity index (χ0n) is 26.6. The van der Waals surface area contributed by atoms with Crippen molar-refractivity contribution in [1.82, 2.24) is 5.32 Å². The fourth-order valence-electron chi connectivity index (χ4n) is 6.19. The first kappa shape index (κ1) is 36.2. The third-order valence-electron chi connectivity index (χ3n) is 9.18. The predicted octanol–water partition coefficient (Wildman–Crippen LogP) is 4.93. The highest BCUT2D eigenvalue weighted by molar-refractivity contribution is 8.24. The smallest absolute Gasteiger partial charge is 0.137 e. The summed E-state index contributed by atoms with van der Waals surface area (Å²) in [4.78, 5) is 2.76. The summed E-state index contributed by atoms with van der Waals surface area (Å²) in [5.41, 5.74) is 2.80. The van der Waals surface area contributed by atoms with E-state index in [1.807, 2.05) is 26.2 Å². The monoisotopic (exact) mass is 701 g/mol. The molecule has 0 spiro atoms. The molecule has 8 heteroatoms. The van der Waals surface area contributed by atoms with Crippen molar-refractivity contribution >= 4 is 16.3 Å². The van der Waals surface area contributed by atoms with Crippen LogP contribution in [0.4, 0.5) is 5.69 Å². The van der Waals surface area contributed by atoms with Crippen LogP contribution in [-0.2, 0) is 0 Å². The number of fused-ring (bicyclic) bond motifs is 1. The molecule has 1 atom stereocenters. The minimum atomic E-state index is -2.98. The summed E-state index contributed by atoms with van der Waals surface area (Å²) >= 11 is 0. The Morgan fingerprint density at radius 1 is 0.927 bits per heavy atom. The number of rotatable bonds is 15. The SMILES string of the molecule is CCCCC1(CCCC)CS(O)(O)c2ccc(N(C)C)cc2C(c2ccc(OCC[N+](CC)(CC)CC)cc2)N1.[I-]. The normalized spacial score (nSPS) is 18.5. The molecular weight excluding hydrogens is 645 g/mol. The third kappa shape index (κ3) is 8.99. The lowest BCUT2D eigenvalue weighted by Crippen LogP contribution is -3.00. The Kier molecular flexibility index (Phi) is 14.2. The van der Waals surface area contributed by atoms with Crippen molar-refractivity contribution in [2.45, 2.75) is 89.6 Å². The van der Waals surface area contributed by atoms with Crippen molar-refractivity contribution in [3.8, 4) is 5.75 Å². The van der Waals surface area contributed by atoms with E-state index in [4.69, 9.17) is 4.74 Å². The van der Waals surface area contributed by atoms with Crippen LogP contribution in [0.25, 0.3) is 0 Å². The van der Waals surface area contributed by atoms with Crippen LogP contribution >= 0.6 is 10.6 Å². The highest BCUT2D eigenvalue weighted by atomic mass is 127. The van der Waals surface area contributed by atoms with Gasteiger partial charge >= 0.3 is 0 Å². The molecule has 0 saturated heterocycles. The number of hydrogen-bond donors (Lipinski definition) is 3. The maximum Gasteiger partial charge on any atom is 0.137 e. The van der Waals surface area contributed by atoms with E-state index in [2.05, 4.69) is 75.2 Å². The number of likely N-dealkylation sites (N-methyl/N-ethyl adjacent to an activating group) is 1. The number of unbranched alkanes of at least 4 members (excludes halogenated alkanes) is 2. The van der Waals surface area contributed by atoms with Crippen LogP contribution in [0, 0.1) is 0 Å². The lowest BCUT2D eigenvalue weighted by atomic mass is 9.86. The van der Waals surface area contributed by atoms with Gasteiger partial charge in [-0.3, -0.25) is 14.4 Å². The molecule has 1 unspecified atom stereocenters. The molecule has 0 bridgehead atoms. The lowest BCUT2D eigenvalue weighted by Gasteiger charge is -2.42. The van der Waals surface area contributed by atoms with Gasteiger partial charge in [-0.25, -0.2) is 0 Å². The standard InChI is InChI=1S/C33H55N3O3S.HI/c1-8-13-21-33(22-14-9-2)26-40(37,38)31-20-17-28(35(6)7)25-30(31)32(34-33)27-15-18-29(19-16-27)39-24-23-36(10-3,11-4)12-5;/h15-20,25,32,34H,8-14,21-24,26H2,1-7H3,(H-,37,38);1H. The average Bonchev–Trinajstić information content (AvgIpc) is 3.05. The summed E-state index contributed by atoms with van der Waals surface area (Å²) in [5, 5.41) is 4.04. The van der Waals surface area contributed by atoms with Gasteiger partial charge in [0.15, 0.2) is 0 Å². The van der Waals surface area contributed by atoms with E-state index in [-0.39, 0.29) is 35.6 Å². The Bertz CT molecular complexity index is 1040. The van der Waals surface area contributed by atoms with Crippen LogP contribution in [0.2, 0.25) is 0 Å². The van der Waals surface area contributed by atoms with E-state index in [9.17, 15) is 9.11 Å². The molecule has 1 aliphatic rings. The molecule has 3 rings (SSSR count). The lowest BCUT2D eigenvalue weighted by molar-refractivity contribution is -0.923. The van der Waals surface area contributed by atoms with E-state index < -0.39 is 10.6 Å². The van der Waals surface area contributed by atoms with Gasteiger partial charge in [-0.05, 0) is 75.1 Å². The molecule has 2 aromatic carbocycles. The number of nitrogens with zero attached hydrogens (tertiary/aromatic N) is 2. The summed E-state index contributed by atoms with van der Waals surface area (Å²) in [6.07, 6.45) is 6.13. The summed E-state index contributed by atoms with van der Waals surface area (Å²) in [7, 11) is 1.08. The second-order valence-corrected chi connectivity index (χ2v) is 14.0.